The van der Waals surface area contributed by atoms with E-state index in [9.17, 15) is 4.79 Å². The van der Waals surface area contributed by atoms with Crippen LogP contribution in [0.5, 0.6) is 0 Å². The first-order valence-electron chi connectivity index (χ1n) is 6.71. The van der Waals surface area contributed by atoms with Crippen molar-refractivity contribution in [3.8, 4) is 0 Å². The third kappa shape index (κ3) is 3.93. The summed E-state index contributed by atoms with van der Waals surface area (Å²) in [6.07, 6.45) is 1.81. The topological polar surface area (TPSA) is 45.8 Å². The van der Waals surface area contributed by atoms with E-state index in [0.29, 0.717) is 0 Å². The van der Waals surface area contributed by atoms with E-state index in [-0.39, 0.29) is 31.5 Å². The largest absolute Gasteiger partial charge is 2.00 e. The Hall–Kier alpha value is -2.17. The number of fused-ring (bicyclic) bond motifs is 2. The number of pyridine rings is 2. The summed E-state index contributed by atoms with van der Waals surface area (Å²) in [5.41, 5.74) is 1.90. The second kappa shape index (κ2) is 7.73. The summed E-state index contributed by atoms with van der Waals surface area (Å²) in [6, 6.07) is 23.1. The van der Waals surface area contributed by atoms with Crippen LogP contribution in [-0.4, -0.2) is 33.0 Å². The van der Waals surface area contributed by atoms with Crippen LogP contribution in [0.15, 0.2) is 83.8 Å². The van der Waals surface area contributed by atoms with Crippen molar-refractivity contribution < 1.29 is 2.85 Å². The van der Waals surface area contributed by atoms with Gasteiger partial charge in [0.15, 0.2) is 0 Å². The molecule has 0 aliphatic rings. The first-order valence-corrected chi connectivity index (χ1v) is 6.71. The van der Waals surface area contributed by atoms with E-state index in [1.807, 2.05) is 60.8 Å². The van der Waals surface area contributed by atoms with Crippen LogP contribution < -0.4 is 5.56 Å². The molecule has 0 amide bonds. The van der Waals surface area contributed by atoms with Crippen LogP contribution in [0.2, 0.25) is 0 Å². The summed E-state index contributed by atoms with van der Waals surface area (Å²) < 4.78 is 0. The summed E-state index contributed by atoms with van der Waals surface area (Å²) in [5.74, 6) is 0. The van der Waals surface area contributed by atoms with Crippen LogP contribution in [-0.2, 0) is 0 Å². The molecule has 0 unspecified atom stereocenters. The minimum absolute atomic E-state index is 0. The predicted molar refractivity (Wildman–Crippen MR) is 94.3 cm³/mol. The Morgan fingerprint density at radius 1 is 0.773 bits per heavy atom. The van der Waals surface area contributed by atoms with Crippen molar-refractivity contribution in [2.24, 2.45) is 0 Å². The van der Waals surface area contributed by atoms with E-state index in [1.165, 1.54) is 11.5 Å². The molecular formula is C18H16MgN2O. The molecule has 4 heteroatoms. The van der Waals surface area contributed by atoms with Crippen LogP contribution in [0.1, 0.15) is 2.85 Å². The predicted octanol–water partition coefficient (Wildman–Crippen LogP) is 3.61. The van der Waals surface area contributed by atoms with Gasteiger partial charge in [0.1, 0.15) is 0 Å². The monoisotopic (exact) mass is 300 g/mol. The maximum atomic E-state index is 10.8. The fraction of sp³-hybridized carbons (Fsp3) is 0. The van der Waals surface area contributed by atoms with Gasteiger partial charge in [-0.2, -0.15) is 0 Å². The van der Waals surface area contributed by atoms with Crippen LogP contribution >= 0.6 is 0 Å². The standard InChI is InChI=1S/C9H7NO.C9H7N.Mg.2H/c11-9-6-5-7-3-1-2-4-8(7)10-9;1-2-6-9-8(4-1)5-3-7-10-9;;;/h1-6H,(H,10,11);1-7H;;;/q;;+2;2*-1. The fourth-order valence-corrected chi connectivity index (χ4v) is 2.11. The second-order valence-corrected chi connectivity index (χ2v) is 4.61. The first kappa shape index (κ1) is 16.2. The average molecular weight is 301 g/mol. The summed E-state index contributed by atoms with van der Waals surface area (Å²) in [7, 11) is 0. The number of benzene rings is 2. The van der Waals surface area contributed by atoms with Gasteiger partial charge in [0, 0.05) is 23.2 Å². The average Bonchev–Trinajstić information content (AvgIpc) is 2.55. The van der Waals surface area contributed by atoms with E-state index < -0.39 is 0 Å². The molecule has 22 heavy (non-hydrogen) atoms. The number of nitrogens with one attached hydrogen (secondary N) is 1. The van der Waals surface area contributed by atoms with Gasteiger partial charge >= 0.3 is 23.1 Å². The Balaban J connectivity index is 0.000000393. The molecular weight excluding hydrogens is 285 g/mol. The number of rotatable bonds is 0. The summed E-state index contributed by atoms with van der Waals surface area (Å²) >= 11 is 0. The third-order valence-corrected chi connectivity index (χ3v) is 3.15. The molecule has 0 radical (unpaired) electrons. The number of aromatic nitrogens is 2. The van der Waals surface area contributed by atoms with Gasteiger partial charge in [0.05, 0.1) is 5.52 Å². The van der Waals surface area contributed by atoms with E-state index in [0.717, 1.165) is 16.4 Å². The van der Waals surface area contributed by atoms with Gasteiger partial charge in [-0.3, -0.25) is 9.78 Å². The number of hydrogen-bond acceptors (Lipinski definition) is 2. The van der Waals surface area contributed by atoms with Crippen molar-refractivity contribution in [1.82, 2.24) is 9.97 Å². The Bertz CT molecular complexity index is 879. The molecule has 2 aromatic carbocycles. The van der Waals surface area contributed by atoms with Gasteiger partial charge in [-0.05, 0) is 29.7 Å². The van der Waals surface area contributed by atoms with Crippen molar-refractivity contribution in [3.05, 3.63) is 89.3 Å². The number of nitrogens with zero attached hydrogens (tertiary/aromatic N) is 1. The van der Waals surface area contributed by atoms with E-state index in [2.05, 4.69) is 22.1 Å². The van der Waals surface area contributed by atoms with Crippen molar-refractivity contribution in [1.29, 1.82) is 0 Å². The molecule has 106 valence electrons. The Morgan fingerprint density at radius 2 is 1.45 bits per heavy atom. The van der Waals surface area contributed by atoms with Crippen LogP contribution in [0.25, 0.3) is 21.8 Å². The maximum Gasteiger partial charge on any atom is 2.00 e. The normalized spacial score (nSPS) is 9.64. The molecule has 4 rings (SSSR count). The van der Waals surface area contributed by atoms with Gasteiger partial charge in [0.25, 0.3) is 0 Å². The van der Waals surface area contributed by atoms with Crippen LogP contribution in [0.3, 0.4) is 0 Å². The second-order valence-electron chi connectivity index (χ2n) is 4.61. The molecule has 3 nitrogen and oxygen atoms in total. The quantitative estimate of drug-likeness (QED) is 0.504. The molecule has 0 aliphatic carbocycles. The Labute approximate surface area is 147 Å². The van der Waals surface area contributed by atoms with Gasteiger partial charge in [0.2, 0.25) is 5.56 Å². The van der Waals surface area contributed by atoms with E-state index >= 15 is 0 Å². The molecule has 2 aromatic heterocycles. The molecule has 0 fully saturated rings. The SMILES string of the molecule is O=c1ccc2ccccc2[nH]1.[H-].[H-].[Mg+2].c1ccc2ncccc2c1. The molecule has 0 aliphatic heterocycles. The zero-order valence-electron chi connectivity index (χ0n) is 14.1. The molecule has 4 aromatic rings. The minimum Gasteiger partial charge on any atom is -1.00 e. The number of H-pyrrole nitrogens is 1. The Kier molecular flexibility index (Phi) is 5.69. The number of para-hydroxylation sites is 2. The van der Waals surface area contributed by atoms with Gasteiger partial charge in [-0.25, -0.2) is 0 Å². The third-order valence-electron chi connectivity index (χ3n) is 3.15. The molecule has 0 bridgehead atoms. The molecule has 1 N–H and O–H groups in total. The van der Waals surface area contributed by atoms with Crippen molar-refractivity contribution in [3.63, 3.8) is 0 Å². The van der Waals surface area contributed by atoms with E-state index in [1.54, 1.807) is 0 Å². The smallest absolute Gasteiger partial charge is 1.00 e. The van der Waals surface area contributed by atoms with E-state index in [4.69, 9.17) is 0 Å². The summed E-state index contributed by atoms with van der Waals surface area (Å²) in [4.78, 5) is 17.7. The van der Waals surface area contributed by atoms with Gasteiger partial charge in [-0.15, -0.1) is 0 Å². The zero-order chi connectivity index (χ0) is 14.5. The van der Waals surface area contributed by atoms with Crippen LogP contribution in [0.4, 0.5) is 0 Å². The number of hydrogen-bond donors (Lipinski definition) is 1. The molecule has 0 saturated heterocycles. The van der Waals surface area contributed by atoms with Crippen molar-refractivity contribution in [2.75, 3.05) is 0 Å². The van der Waals surface area contributed by atoms with Crippen LogP contribution in [0, 0.1) is 0 Å². The fourth-order valence-electron chi connectivity index (χ4n) is 2.11. The molecule has 0 saturated carbocycles. The molecule has 2 heterocycles. The maximum absolute atomic E-state index is 10.8. The minimum atomic E-state index is -0.0521. The summed E-state index contributed by atoms with van der Waals surface area (Å²) in [6.45, 7) is 0. The molecule has 0 atom stereocenters. The number of aromatic amines is 1. The molecule has 0 spiro atoms. The Morgan fingerprint density at radius 3 is 2.27 bits per heavy atom. The van der Waals surface area contributed by atoms with Gasteiger partial charge < -0.3 is 7.84 Å². The zero-order valence-corrected chi connectivity index (χ0v) is 13.5. The van der Waals surface area contributed by atoms with Crippen molar-refractivity contribution >= 4 is 44.9 Å². The van der Waals surface area contributed by atoms with Crippen molar-refractivity contribution in [2.45, 2.75) is 0 Å². The van der Waals surface area contributed by atoms with Gasteiger partial charge in [-0.1, -0.05) is 42.5 Å². The summed E-state index contributed by atoms with van der Waals surface area (Å²) in [5, 5.41) is 2.26. The first-order chi connectivity index (χ1) is 10.3.